The number of alkyl halides is 5. The highest BCUT2D eigenvalue weighted by Crippen LogP contribution is 2.31. The summed E-state index contributed by atoms with van der Waals surface area (Å²) >= 11 is 0. The highest BCUT2D eigenvalue weighted by Gasteiger charge is 2.28. The molecule has 1 atom stereocenters. The standard InChI is InChI=1S/C12H11F5N2O2/c1-20-9-3-2-7(4-10(9)21-11(13)14)8(5-18)19-6-12(15,16)17/h2-4,8,11,19H,6H2,1H3. The molecule has 0 saturated carbocycles. The van der Waals surface area contributed by atoms with Gasteiger partial charge in [0.2, 0.25) is 0 Å². The predicted molar refractivity (Wildman–Crippen MR) is 62.0 cm³/mol. The first kappa shape index (κ1) is 17.0. The van der Waals surface area contributed by atoms with Gasteiger partial charge in [-0.05, 0) is 17.7 Å². The van der Waals surface area contributed by atoms with Crippen LogP contribution in [0.1, 0.15) is 11.6 Å². The van der Waals surface area contributed by atoms with E-state index in [0.717, 1.165) is 6.07 Å². The molecular formula is C12H11F5N2O2. The molecule has 1 unspecified atom stereocenters. The third kappa shape index (κ3) is 5.43. The van der Waals surface area contributed by atoms with Gasteiger partial charge in [0, 0.05) is 0 Å². The van der Waals surface area contributed by atoms with Gasteiger partial charge in [0.15, 0.2) is 11.5 Å². The summed E-state index contributed by atoms with van der Waals surface area (Å²) in [6.07, 6.45) is -4.50. The minimum Gasteiger partial charge on any atom is -0.493 e. The lowest BCUT2D eigenvalue weighted by Crippen LogP contribution is -2.31. The van der Waals surface area contributed by atoms with Crippen LogP contribution in [-0.4, -0.2) is 26.4 Å². The number of nitriles is 1. The number of ether oxygens (including phenoxy) is 2. The van der Waals surface area contributed by atoms with Gasteiger partial charge in [0.25, 0.3) is 0 Å². The van der Waals surface area contributed by atoms with Gasteiger partial charge in [0.05, 0.1) is 19.7 Å². The van der Waals surface area contributed by atoms with Gasteiger partial charge < -0.3 is 9.47 Å². The van der Waals surface area contributed by atoms with Crippen molar-refractivity contribution in [3.8, 4) is 17.6 Å². The summed E-state index contributed by atoms with van der Waals surface area (Å²) in [5.41, 5.74) is 0.0539. The molecule has 0 fully saturated rings. The van der Waals surface area contributed by atoms with Crippen molar-refractivity contribution in [3.05, 3.63) is 23.8 Å². The van der Waals surface area contributed by atoms with Crippen LogP contribution in [0.3, 0.4) is 0 Å². The maximum atomic E-state index is 12.2. The molecule has 0 aliphatic carbocycles. The summed E-state index contributed by atoms with van der Waals surface area (Å²) in [6.45, 7) is -4.51. The molecule has 4 nitrogen and oxygen atoms in total. The Morgan fingerprint density at radius 1 is 1.29 bits per heavy atom. The first-order valence-electron chi connectivity index (χ1n) is 5.59. The van der Waals surface area contributed by atoms with Crippen molar-refractivity contribution in [1.29, 1.82) is 5.26 Å². The van der Waals surface area contributed by atoms with Gasteiger partial charge in [-0.3, -0.25) is 5.32 Å². The summed E-state index contributed by atoms with van der Waals surface area (Å²) < 4.78 is 69.9. The van der Waals surface area contributed by atoms with Crippen molar-refractivity contribution >= 4 is 0 Å². The number of hydrogen-bond acceptors (Lipinski definition) is 4. The highest BCUT2D eigenvalue weighted by atomic mass is 19.4. The van der Waals surface area contributed by atoms with Crippen LogP contribution in [0.15, 0.2) is 18.2 Å². The lowest BCUT2D eigenvalue weighted by atomic mass is 10.1. The fourth-order valence-corrected chi connectivity index (χ4v) is 1.52. The Balaban J connectivity index is 2.97. The van der Waals surface area contributed by atoms with Crippen molar-refractivity contribution in [2.75, 3.05) is 13.7 Å². The Morgan fingerprint density at radius 3 is 2.43 bits per heavy atom. The quantitative estimate of drug-likeness (QED) is 0.821. The third-order valence-electron chi connectivity index (χ3n) is 2.37. The van der Waals surface area contributed by atoms with Crippen molar-refractivity contribution in [1.82, 2.24) is 5.32 Å². The summed E-state index contributed by atoms with van der Waals surface area (Å²) in [7, 11) is 1.22. The molecule has 21 heavy (non-hydrogen) atoms. The molecular weight excluding hydrogens is 299 g/mol. The molecule has 1 aromatic carbocycles. The van der Waals surface area contributed by atoms with E-state index < -0.39 is 25.4 Å². The van der Waals surface area contributed by atoms with Crippen LogP contribution < -0.4 is 14.8 Å². The summed E-state index contributed by atoms with van der Waals surface area (Å²) in [5.74, 6) is -0.384. The average molecular weight is 310 g/mol. The van der Waals surface area contributed by atoms with Crippen LogP contribution in [-0.2, 0) is 0 Å². The van der Waals surface area contributed by atoms with Gasteiger partial charge in [-0.1, -0.05) is 6.07 Å². The van der Waals surface area contributed by atoms with E-state index in [0.29, 0.717) is 0 Å². The topological polar surface area (TPSA) is 54.3 Å². The van der Waals surface area contributed by atoms with Crippen molar-refractivity contribution in [3.63, 3.8) is 0 Å². The average Bonchev–Trinajstić information content (AvgIpc) is 2.37. The predicted octanol–water partition coefficient (Wildman–Crippen LogP) is 3.01. The second-order valence-corrected chi connectivity index (χ2v) is 3.85. The van der Waals surface area contributed by atoms with E-state index in [4.69, 9.17) is 10.00 Å². The molecule has 0 bridgehead atoms. The molecule has 1 N–H and O–H groups in total. The highest BCUT2D eigenvalue weighted by molar-refractivity contribution is 5.44. The molecule has 0 radical (unpaired) electrons. The number of methoxy groups -OCH3 is 1. The third-order valence-corrected chi connectivity index (χ3v) is 2.37. The van der Waals surface area contributed by atoms with E-state index >= 15 is 0 Å². The van der Waals surface area contributed by atoms with Gasteiger partial charge in [-0.15, -0.1) is 0 Å². The minimum absolute atomic E-state index is 0.0217. The maximum absolute atomic E-state index is 12.2. The molecule has 0 saturated heterocycles. The van der Waals surface area contributed by atoms with E-state index in [1.165, 1.54) is 19.2 Å². The second kappa shape index (κ2) is 7.08. The van der Waals surface area contributed by atoms with E-state index in [9.17, 15) is 22.0 Å². The Kier molecular flexibility index (Phi) is 5.72. The summed E-state index contributed by atoms with van der Waals surface area (Å²) in [4.78, 5) is 0. The largest absolute Gasteiger partial charge is 0.493 e. The van der Waals surface area contributed by atoms with E-state index in [-0.39, 0.29) is 17.1 Å². The fourth-order valence-electron chi connectivity index (χ4n) is 1.52. The van der Waals surface area contributed by atoms with Crippen molar-refractivity contribution in [2.45, 2.75) is 18.8 Å². The lowest BCUT2D eigenvalue weighted by Gasteiger charge is -2.16. The van der Waals surface area contributed by atoms with Crippen LogP contribution in [0.25, 0.3) is 0 Å². The van der Waals surface area contributed by atoms with Crippen LogP contribution in [0.2, 0.25) is 0 Å². The van der Waals surface area contributed by atoms with E-state index in [1.807, 2.05) is 5.32 Å². The Hall–Kier alpha value is -2.08. The van der Waals surface area contributed by atoms with Crippen LogP contribution in [0.5, 0.6) is 11.5 Å². The zero-order valence-electron chi connectivity index (χ0n) is 10.7. The minimum atomic E-state index is -4.50. The molecule has 9 heteroatoms. The number of rotatable bonds is 6. The molecule has 0 heterocycles. The molecule has 0 aliphatic rings. The SMILES string of the molecule is COc1ccc(C(C#N)NCC(F)(F)F)cc1OC(F)F. The Morgan fingerprint density at radius 2 is 1.95 bits per heavy atom. The van der Waals surface area contributed by atoms with Crippen LogP contribution in [0, 0.1) is 11.3 Å². The fraction of sp³-hybridized carbons (Fsp3) is 0.417. The summed E-state index contributed by atoms with van der Waals surface area (Å²) in [5, 5.41) is 10.8. The van der Waals surface area contributed by atoms with E-state index in [1.54, 1.807) is 6.07 Å². The second-order valence-electron chi connectivity index (χ2n) is 3.85. The number of nitrogens with one attached hydrogen (secondary N) is 1. The first-order valence-corrected chi connectivity index (χ1v) is 5.59. The summed E-state index contributed by atoms with van der Waals surface area (Å²) in [6, 6.07) is 3.84. The van der Waals surface area contributed by atoms with Gasteiger partial charge >= 0.3 is 12.8 Å². The zero-order chi connectivity index (χ0) is 16.0. The Labute approximate surface area is 117 Å². The zero-order valence-corrected chi connectivity index (χ0v) is 10.7. The molecule has 1 rings (SSSR count). The van der Waals surface area contributed by atoms with Gasteiger partial charge in [-0.25, -0.2) is 0 Å². The molecule has 0 aromatic heterocycles. The van der Waals surface area contributed by atoms with E-state index in [2.05, 4.69) is 4.74 Å². The number of hydrogen-bond donors (Lipinski definition) is 1. The molecule has 1 aromatic rings. The number of halogens is 5. The van der Waals surface area contributed by atoms with Crippen LogP contribution in [0.4, 0.5) is 22.0 Å². The van der Waals surface area contributed by atoms with Crippen LogP contribution >= 0.6 is 0 Å². The first-order chi connectivity index (χ1) is 9.76. The molecule has 0 spiro atoms. The smallest absolute Gasteiger partial charge is 0.401 e. The van der Waals surface area contributed by atoms with Gasteiger partial charge in [0.1, 0.15) is 6.04 Å². The monoisotopic (exact) mass is 310 g/mol. The van der Waals surface area contributed by atoms with Gasteiger partial charge in [-0.2, -0.15) is 27.2 Å². The molecule has 0 amide bonds. The Bertz CT molecular complexity index is 513. The maximum Gasteiger partial charge on any atom is 0.401 e. The number of benzene rings is 1. The van der Waals surface area contributed by atoms with Crippen molar-refractivity contribution < 1.29 is 31.4 Å². The lowest BCUT2D eigenvalue weighted by molar-refractivity contribution is -0.125. The normalized spacial score (nSPS) is 12.9. The molecule has 0 aliphatic heterocycles. The van der Waals surface area contributed by atoms with Crippen molar-refractivity contribution in [2.24, 2.45) is 0 Å². The molecule has 116 valence electrons. The number of nitrogens with zero attached hydrogens (tertiary/aromatic N) is 1.